The molecule has 1 saturated heterocycles. The summed E-state index contributed by atoms with van der Waals surface area (Å²) in [7, 11) is -3.57. The normalized spacial score (nSPS) is 19.3. The van der Waals surface area contributed by atoms with Gasteiger partial charge in [-0.1, -0.05) is 18.6 Å². The summed E-state index contributed by atoms with van der Waals surface area (Å²) in [4.78, 5) is 12.4. The summed E-state index contributed by atoms with van der Waals surface area (Å²) in [5.41, 5.74) is 1.13. The lowest BCUT2D eigenvalue weighted by atomic mass is 10.1. The fraction of sp³-hybridized carbons (Fsp3) is 0.471. The van der Waals surface area contributed by atoms with Gasteiger partial charge in [0.15, 0.2) is 0 Å². The van der Waals surface area contributed by atoms with Gasteiger partial charge in [0.05, 0.1) is 4.90 Å². The van der Waals surface area contributed by atoms with E-state index in [-0.39, 0.29) is 16.8 Å². The molecule has 0 bridgehead atoms. The Morgan fingerprint density at radius 2 is 2.17 bits per heavy atom. The van der Waals surface area contributed by atoms with Crippen LogP contribution in [0.2, 0.25) is 0 Å². The highest BCUT2D eigenvalue weighted by molar-refractivity contribution is 7.89. The van der Waals surface area contributed by atoms with Crippen LogP contribution in [-0.2, 0) is 10.0 Å². The molecule has 1 aliphatic heterocycles. The first-order valence-electron chi connectivity index (χ1n) is 7.89. The van der Waals surface area contributed by atoms with Crippen LogP contribution in [0.3, 0.4) is 0 Å². The molecule has 6 heteroatoms. The van der Waals surface area contributed by atoms with Gasteiger partial charge >= 0.3 is 0 Å². The lowest BCUT2D eigenvalue weighted by molar-refractivity contribution is 0.0957. The maximum atomic E-state index is 12.9. The number of sulfonamides is 1. The van der Waals surface area contributed by atoms with Crippen LogP contribution in [0.5, 0.6) is 0 Å². The van der Waals surface area contributed by atoms with E-state index in [2.05, 4.69) is 11.9 Å². The zero-order chi connectivity index (χ0) is 17.0. The van der Waals surface area contributed by atoms with Crippen LogP contribution in [0.25, 0.3) is 0 Å². The molecule has 1 fully saturated rings. The van der Waals surface area contributed by atoms with Crippen LogP contribution in [0.1, 0.15) is 42.1 Å². The third-order valence-corrected chi connectivity index (χ3v) is 6.22. The van der Waals surface area contributed by atoms with Crippen LogP contribution in [0.4, 0.5) is 0 Å². The van der Waals surface area contributed by atoms with E-state index >= 15 is 0 Å². The summed E-state index contributed by atoms with van der Waals surface area (Å²) in [5.74, 6) is -0.286. The quantitative estimate of drug-likeness (QED) is 0.840. The molecule has 0 aliphatic carbocycles. The number of piperidine rings is 1. The summed E-state index contributed by atoms with van der Waals surface area (Å²) in [6, 6.07) is 4.73. The summed E-state index contributed by atoms with van der Waals surface area (Å²) < 4.78 is 27.3. The number of nitrogens with one attached hydrogen (secondary N) is 1. The first kappa shape index (κ1) is 17.7. The number of carbonyl (C=O) groups is 1. The number of hydrogen-bond acceptors (Lipinski definition) is 3. The van der Waals surface area contributed by atoms with Crippen LogP contribution >= 0.6 is 0 Å². The van der Waals surface area contributed by atoms with Crippen LogP contribution < -0.4 is 5.32 Å². The number of benzene rings is 1. The predicted molar refractivity (Wildman–Crippen MR) is 90.9 cm³/mol. The van der Waals surface area contributed by atoms with Crippen molar-refractivity contribution in [2.75, 3.05) is 13.1 Å². The van der Waals surface area contributed by atoms with Gasteiger partial charge in [-0.25, -0.2) is 8.42 Å². The number of amides is 1. The van der Waals surface area contributed by atoms with Crippen molar-refractivity contribution in [1.82, 2.24) is 9.62 Å². The van der Waals surface area contributed by atoms with Gasteiger partial charge in [0.1, 0.15) is 0 Å². The van der Waals surface area contributed by atoms with Crippen LogP contribution in [-0.4, -0.2) is 37.8 Å². The summed E-state index contributed by atoms with van der Waals surface area (Å²) in [6.45, 7) is 8.17. The lowest BCUT2D eigenvalue weighted by Crippen LogP contribution is -2.42. The van der Waals surface area contributed by atoms with Crippen molar-refractivity contribution in [1.29, 1.82) is 0 Å². The second-order valence-electron chi connectivity index (χ2n) is 5.94. The first-order chi connectivity index (χ1) is 10.9. The van der Waals surface area contributed by atoms with Gasteiger partial charge in [0.2, 0.25) is 10.0 Å². The Morgan fingerprint density at radius 3 is 2.83 bits per heavy atom. The van der Waals surface area contributed by atoms with E-state index in [0.717, 1.165) is 24.8 Å². The first-order valence-corrected chi connectivity index (χ1v) is 9.33. The van der Waals surface area contributed by atoms with E-state index < -0.39 is 10.0 Å². The number of hydrogen-bond donors (Lipinski definition) is 1. The zero-order valence-electron chi connectivity index (χ0n) is 13.7. The minimum Gasteiger partial charge on any atom is -0.349 e. The van der Waals surface area contributed by atoms with Gasteiger partial charge in [-0.15, -0.1) is 6.58 Å². The molecule has 1 aliphatic rings. The molecule has 0 saturated carbocycles. The monoisotopic (exact) mass is 336 g/mol. The Labute approximate surface area is 138 Å². The van der Waals surface area contributed by atoms with Gasteiger partial charge in [-0.3, -0.25) is 4.79 Å². The third-order valence-electron chi connectivity index (χ3n) is 4.21. The highest BCUT2D eigenvalue weighted by Crippen LogP contribution is 2.26. The fourth-order valence-corrected chi connectivity index (χ4v) is 4.56. The molecule has 126 valence electrons. The van der Waals surface area contributed by atoms with Crippen molar-refractivity contribution in [3.63, 3.8) is 0 Å². The molecule has 0 radical (unpaired) electrons. The van der Waals surface area contributed by atoms with E-state index in [1.54, 1.807) is 29.4 Å². The van der Waals surface area contributed by atoms with Gasteiger partial charge < -0.3 is 5.32 Å². The minimum atomic E-state index is -3.57. The summed E-state index contributed by atoms with van der Waals surface area (Å²) in [6.07, 6.45) is 4.39. The molecule has 5 nitrogen and oxygen atoms in total. The van der Waals surface area contributed by atoms with Crippen molar-refractivity contribution in [2.24, 2.45) is 0 Å². The molecule has 1 amide bonds. The zero-order valence-corrected chi connectivity index (χ0v) is 14.5. The lowest BCUT2D eigenvalue weighted by Gasteiger charge is -2.32. The topological polar surface area (TPSA) is 66.5 Å². The highest BCUT2D eigenvalue weighted by Gasteiger charge is 2.31. The molecule has 0 spiro atoms. The van der Waals surface area contributed by atoms with Crippen LogP contribution in [0, 0.1) is 6.92 Å². The maximum Gasteiger partial charge on any atom is 0.251 e. The molecule has 2 rings (SSSR count). The summed E-state index contributed by atoms with van der Waals surface area (Å²) in [5, 5.41) is 2.69. The molecule has 1 aromatic carbocycles. The van der Waals surface area contributed by atoms with E-state index in [0.29, 0.717) is 18.7 Å². The number of nitrogens with zero attached hydrogens (tertiary/aromatic N) is 1. The van der Waals surface area contributed by atoms with Gasteiger partial charge in [0.25, 0.3) is 5.91 Å². The van der Waals surface area contributed by atoms with Crippen molar-refractivity contribution in [3.8, 4) is 0 Å². The van der Waals surface area contributed by atoms with Gasteiger partial charge in [-0.2, -0.15) is 4.31 Å². The van der Waals surface area contributed by atoms with Crippen molar-refractivity contribution in [2.45, 2.75) is 44.0 Å². The Morgan fingerprint density at radius 1 is 1.43 bits per heavy atom. The molecule has 1 heterocycles. The van der Waals surface area contributed by atoms with Crippen molar-refractivity contribution < 1.29 is 13.2 Å². The molecule has 23 heavy (non-hydrogen) atoms. The van der Waals surface area contributed by atoms with Crippen LogP contribution in [0.15, 0.2) is 35.7 Å². The SMILES string of the molecule is C=CCNC(=O)c1cc(S(=O)(=O)N2CCCCC2C)ccc1C. The van der Waals surface area contributed by atoms with E-state index in [1.807, 2.05) is 6.92 Å². The van der Waals surface area contributed by atoms with Gasteiger partial charge in [-0.05, 0) is 44.4 Å². The van der Waals surface area contributed by atoms with Gasteiger partial charge in [0, 0.05) is 24.7 Å². The Hall–Kier alpha value is -1.66. The van der Waals surface area contributed by atoms with Crippen molar-refractivity contribution in [3.05, 3.63) is 42.0 Å². The molecular formula is C17H24N2O3S. The number of aryl methyl sites for hydroxylation is 1. The van der Waals surface area contributed by atoms with E-state index in [1.165, 1.54) is 6.07 Å². The Bertz CT molecular complexity index is 698. The smallest absolute Gasteiger partial charge is 0.251 e. The van der Waals surface area contributed by atoms with E-state index in [4.69, 9.17) is 0 Å². The second kappa shape index (κ2) is 7.27. The number of rotatable bonds is 5. The fourth-order valence-electron chi connectivity index (χ4n) is 2.83. The average Bonchev–Trinajstić information content (AvgIpc) is 2.53. The van der Waals surface area contributed by atoms with Crippen molar-refractivity contribution >= 4 is 15.9 Å². The molecular weight excluding hydrogens is 312 g/mol. The van der Waals surface area contributed by atoms with E-state index in [9.17, 15) is 13.2 Å². The molecule has 0 aromatic heterocycles. The minimum absolute atomic E-state index is 0.00639. The largest absolute Gasteiger partial charge is 0.349 e. The molecule has 1 unspecified atom stereocenters. The second-order valence-corrected chi connectivity index (χ2v) is 7.83. The molecule has 1 N–H and O–H groups in total. The third kappa shape index (κ3) is 3.82. The predicted octanol–water partition coefficient (Wildman–Crippen LogP) is 2.47. The maximum absolute atomic E-state index is 12.9. The standard InChI is InChI=1S/C17H24N2O3S/c1-4-10-18-17(20)16-12-15(9-8-13(16)2)23(21,22)19-11-6-5-7-14(19)3/h4,8-9,12,14H,1,5-7,10-11H2,2-3H3,(H,18,20). The Balaban J connectivity index is 2.35. The molecule has 1 aromatic rings. The molecule has 1 atom stereocenters. The highest BCUT2D eigenvalue weighted by atomic mass is 32.2. The average molecular weight is 336 g/mol. The Kier molecular flexibility index (Phi) is 5.59. The number of carbonyl (C=O) groups excluding carboxylic acids is 1. The summed E-state index contributed by atoms with van der Waals surface area (Å²) >= 11 is 0.